The van der Waals surface area contributed by atoms with Crippen molar-refractivity contribution in [2.24, 2.45) is 0 Å². The van der Waals surface area contributed by atoms with Crippen molar-refractivity contribution < 1.29 is 23.4 Å². The topological polar surface area (TPSA) is 91.7 Å². The molecule has 2 N–H and O–H groups in total. The number of hydrogen-bond acceptors (Lipinski definition) is 4. The van der Waals surface area contributed by atoms with Crippen LogP contribution in [-0.2, 0) is 9.84 Å². The minimum atomic E-state index is -3.70. The van der Waals surface area contributed by atoms with E-state index in [-0.39, 0.29) is 16.2 Å². The molecule has 0 atom stereocenters. The predicted molar refractivity (Wildman–Crippen MR) is 95.0 cm³/mol. The fraction of sp³-hybridized carbons (Fsp3) is 0.118. The van der Waals surface area contributed by atoms with Gasteiger partial charge < -0.3 is 10.2 Å². The summed E-state index contributed by atoms with van der Waals surface area (Å²) in [5, 5.41) is 18.8. The van der Waals surface area contributed by atoms with Crippen molar-refractivity contribution in [1.82, 2.24) is 0 Å². The third-order valence-electron chi connectivity index (χ3n) is 3.36. The second-order valence-electron chi connectivity index (χ2n) is 5.18. The molecule has 126 valence electrons. The summed E-state index contributed by atoms with van der Waals surface area (Å²) >= 11 is 3.32. The van der Waals surface area contributed by atoms with Gasteiger partial charge in [0.25, 0.3) is 0 Å². The van der Waals surface area contributed by atoms with Crippen molar-refractivity contribution >= 4 is 37.8 Å². The first-order valence-corrected chi connectivity index (χ1v) is 9.37. The average molecular weight is 411 g/mol. The van der Waals surface area contributed by atoms with Crippen LogP contribution < -0.4 is 0 Å². The first-order valence-electron chi connectivity index (χ1n) is 6.92. The summed E-state index contributed by atoms with van der Waals surface area (Å²) < 4.78 is 25.7. The Morgan fingerprint density at radius 1 is 1.21 bits per heavy atom. The molecule has 0 aliphatic heterocycles. The van der Waals surface area contributed by atoms with Crippen LogP contribution in [0.3, 0.4) is 0 Å². The van der Waals surface area contributed by atoms with Crippen LogP contribution >= 0.6 is 15.9 Å². The Kier molecular flexibility index (Phi) is 5.46. The smallest absolute Gasteiger partial charge is 0.339 e. The summed E-state index contributed by atoms with van der Waals surface area (Å²) in [6, 6.07) is 9.60. The van der Waals surface area contributed by atoms with Crippen LogP contribution in [0.15, 0.2) is 51.8 Å². The second kappa shape index (κ2) is 7.19. The Labute approximate surface area is 148 Å². The van der Waals surface area contributed by atoms with E-state index in [1.165, 1.54) is 19.1 Å². The molecule has 7 heteroatoms. The van der Waals surface area contributed by atoms with Gasteiger partial charge in [-0.05, 0) is 42.3 Å². The summed E-state index contributed by atoms with van der Waals surface area (Å²) in [4.78, 5) is 11.0. The van der Waals surface area contributed by atoms with E-state index in [4.69, 9.17) is 5.11 Å². The number of carboxylic acids is 1. The van der Waals surface area contributed by atoms with Gasteiger partial charge in [0, 0.05) is 4.47 Å². The lowest BCUT2D eigenvalue weighted by molar-refractivity contribution is 0.0693. The maximum atomic E-state index is 12.4. The minimum Gasteiger partial charge on any atom is -0.507 e. The quantitative estimate of drug-likeness (QED) is 0.784. The third kappa shape index (κ3) is 4.24. The zero-order valence-electron chi connectivity index (χ0n) is 12.7. The predicted octanol–water partition coefficient (Wildman–Crippen LogP) is 3.65. The molecule has 0 bridgehead atoms. The van der Waals surface area contributed by atoms with E-state index in [0.717, 1.165) is 16.1 Å². The standard InChI is InChI=1S/C17H15BrO5S/c1-11-9-14(10-15(16(11)19)17(20)21)24(22,23)8-2-3-12-4-6-13(18)7-5-12/h2-7,9-10,19H,8H2,1H3,(H,20,21). The van der Waals surface area contributed by atoms with Crippen LogP contribution in [0.4, 0.5) is 0 Å². The van der Waals surface area contributed by atoms with Gasteiger partial charge in [0.1, 0.15) is 11.3 Å². The highest BCUT2D eigenvalue weighted by Crippen LogP contribution is 2.27. The zero-order valence-corrected chi connectivity index (χ0v) is 15.1. The highest BCUT2D eigenvalue weighted by Gasteiger charge is 2.20. The highest BCUT2D eigenvalue weighted by atomic mass is 79.9. The van der Waals surface area contributed by atoms with Crippen molar-refractivity contribution in [3.8, 4) is 5.75 Å². The molecule has 0 aliphatic rings. The average Bonchev–Trinajstić information content (AvgIpc) is 2.51. The summed E-state index contributed by atoms with van der Waals surface area (Å²) in [5.74, 6) is -2.07. The molecule has 0 amide bonds. The molecule has 24 heavy (non-hydrogen) atoms. The number of aromatic carboxylic acids is 1. The third-order valence-corrected chi connectivity index (χ3v) is 5.47. The van der Waals surface area contributed by atoms with E-state index in [1.807, 2.05) is 24.3 Å². The molecule has 5 nitrogen and oxygen atoms in total. The van der Waals surface area contributed by atoms with Crippen LogP contribution in [0.1, 0.15) is 21.5 Å². The number of aryl methyl sites for hydroxylation is 1. The van der Waals surface area contributed by atoms with Gasteiger partial charge in [-0.15, -0.1) is 0 Å². The molecule has 0 unspecified atom stereocenters. The second-order valence-corrected chi connectivity index (χ2v) is 8.13. The minimum absolute atomic E-state index is 0.129. The van der Waals surface area contributed by atoms with Gasteiger partial charge in [-0.1, -0.05) is 40.2 Å². The van der Waals surface area contributed by atoms with Gasteiger partial charge in [-0.3, -0.25) is 0 Å². The number of halogens is 1. The van der Waals surface area contributed by atoms with Crippen LogP contribution in [0.25, 0.3) is 6.08 Å². The number of phenols is 1. The number of carboxylic acid groups (broad SMARTS) is 1. The summed E-state index contributed by atoms with van der Waals surface area (Å²) in [5.41, 5.74) is 0.623. The zero-order chi connectivity index (χ0) is 17.9. The molecule has 0 aromatic heterocycles. The fourth-order valence-electron chi connectivity index (χ4n) is 2.07. The van der Waals surface area contributed by atoms with Crippen LogP contribution in [-0.4, -0.2) is 30.4 Å². The fourth-order valence-corrected chi connectivity index (χ4v) is 3.53. The number of benzene rings is 2. The largest absolute Gasteiger partial charge is 0.507 e. The van der Waals surface area contributed by atoms with E-state index in [0.29, 0.717) is 0 Å². The maximum Gasteiger partial charge on any atom is 0.339 e. The van der Waals surface area contributed by atoms with E-state index in [2.05, 4.69) is 15.9 Å². The van der Waals surface area contributed by atoms with Crippen LogP contribution in [0, 0.1) is 6.92 Å². The number of aromatic hydroxyl groups is 1. The monoisotopic (exact) mass is 410 g/mol. The van der Waals surface area contributed by atoms with Crippen molar-refractivity contribution in [1.29, 1.82) is 0 Å². The SMILES string of the molecule is Cc1cc(S(=O)(=O)CC=Cc2ccc(Br)cc2)cc(C(=O)O)c1O. The van der Waals surface area contributed by atoms with Crippen molar-refractivity contribution in [3.05, 3.63) is 63.6 Å². The Balaban J connectivity index is 2.27. The van der Waals surface area contributed by atoms with Gasteiger partial charge in [0.15, 0.2) is 9.84 Å². The first kappa shape index (κ1) is 18.2. The van der Waals surface area contributed by atoms with Crippen molar-refractivity contribution in [3.63, 3.8) is 0 Å². The van der Waals surface area contributed by atoms with Crippen molar-refractivity contribution in [2.75, 3.05) is 5.75 Å². The number of carbonyl (C=O) groups is 1. The molecule has 2 aromatic carbocycles. The van der Waals surface area contributed by atoms with Gasteiger partial charge in [-0.2, -0.15) is 0 Å². The summed E-state index contributed by atoms with van der Waals surface area (Å²) in [6.45, 7) is 1.46. The van der Waals surface area contributed by atoms with Gasteiger partial charge >= 0.3 is 5.97 Å². The van der Waals surface area contributed by atoms with E-state index >= 15 is 0 Å². The molecule has 2 rings (SSSR count). The molecule has 0 saturated carbocycles. The lowest BCUT2D eigenvalue weighted by Gasteiger charge is -2.08. The first-order chi connectivity index (χ1) is 11.2. The molecule has 0 heterocycles. The van der Waals surface area contributed by atoms with Crippen molar-refractivity contribution in [2.45, 2.75) is 11.8 Å². The van der Waals surface area contributed by atoms with E-state index in [1.54, 1.807) is 6.08 Å². The molecule has 0 aliphatic carbocycles. The van der Waals surface area contributed by atoms with E-state index < -0.39 is 27.1 Å². The van der Waals surface area contributed by atoms with Crippen LogP contribution in [0.2, 0.25) is 0 Å². The lowest BCUT2D eigenvalue weighted by Crippen LogP contribution is -2.08. The Hall–Kier alpha value is -2.12. The number of hydrogen-bond donors (Lipinski definition) is 2. The molecule has 0 radical (unpaired) electrons. The summed E-state index contributed by atoms with van der Waals surface area (Å²) in [7, 11) is -3.70. The molecular weight excluding hydrogens is 396 g/mol. The molecule has 0 saturated heterocycles. The van der Waals surface area contributed by atoms with Gasteiger partial charge in [-0.25, -0.2) is 13.2 Å². The maximum absolute atomic E-state index is 12.4. The highest BCUT2D eigenvalue weighted by molar-refractivity contribution is 9.10. The Bertz CT molecular complexity index is 899. The molecule has 0 spiro atoms. The molecule has 2 aromatic rings. The summed E-state index contributed by atoms with van der Waals surface area (Å²) in [6.07, 6.45) is 3.18. The lowest BCUT2D eigenvalue weighted by atomic mass is 10.1. The van der Waals surface area contributed by atoms with Gasteiger partial charge in [0.2, 0.25) is 0 Å². The Morgan fingerprint density at radius 3 is 2.42 bits per heavy atom. The Morgan fingerprint density at radius 2 is 1.83 bits per heavy atom. The van der Waals surface area contributed by atoms with Gasteiger partial charge in [0.05, 0.1) is 10.6 Å². The number of sulfone groups is 1. The number of rotatable bonds is 5. The van der Waals surface area contributed by atoms with Crippen LogP contribution in [0.5, 0.6) is 5.75 Å². The molecule has 0 fully saturated rings. The normalized spacial score (nSPS) is 11.8. The molecular formula is C17H15BrO5S. The van der Waals surface area contributed by atoms with E-state index in [9.17, 15) is 18.3 Å².